The zero-order valence-corrected chi connectivity index (χ0v) is 11.5. The minimum absolute atomic E-state index is 0.198. The molecule has 1 aromatic carbocycles. The van der Waals surface area contributed by atoms with Crippen LogP contribution in [0.3, 0.4) is 0 Å². The molecule has 0 atom stereocenters. The molecule has 100 valence electrons. The molecule has 0 bridgehead atoms. The van der Waals surface area contributed by atoms with Gasteiger partial charge in [-0.05, 0) is 25.0 Å². The van der Waals surface area contributed by atoms with E-state index in [0.29, 0.717) is 29.8 Å². The SMILES string of the molecule is CCc1nn(-c2c(F)cccc2Cl)c(CC)c1C=O. The van der Waals surface area contributed by atoms with Crippen molar-refractivity contribution in [1.29, 1.82) is 0 Å². The van der Waals surface area contributed by atoms with Gasteiger partial charge < -0.3 is 0 Å². The molecular weight excluding hydrogens is 267 g/mol. The Balaban J connectivity index is 2.75. The van der Waals surface area contributed by atoms with Gasteiger partial charge in [-0.2, -0.15) is 5.10 Å². The van der Waals surface area contributed by atoms with Crippen molar-refractivity contribution in [3.8, 4) is 5.69 Å². The number of benzene rings is 1. The molecule has 0 spiro atoms. The van der Waals surface area contributed by atoms with Crippen LogP contribution in [0.4, 0.5) is 4.39 Å². The molecule has 3 nitrogen and oxygen atoms in total. The molecule has 0 unspecified atom stereocenters. The van der Waals surface area contributed by atoms with Crippen molar-refractivity contribution in [2.24, 2.45) is 0 Å². The smallest absolute Gasteiger partial charge is 0.153 e. The molecule has 0 radical (unpaired) electrons. The van der Waals surface area contributed by atoms with Crippen LogP contribution >= 0.6 is 11.6 Å². The molecule has 0 aliphatic rings. The third kappa shape index (κ3) is 2.28. The number of carbonyl (C=O) groups excluding carboxylic acids is 1. The van der Waals surface area contributed by atoms with E-state index >= 15 is 0 Å². The lowest BCUT2D eigenvalue weighted by atomic mass is 10.1. The molecule has 1 aromatic heterocycles. The maximum absolute atomic E-state index is 14.0. The van der Waals surface area contributed by atoms with E-state index in [9.17, 15) is 9.18 Å². The lowest BCUT2D eigenvalue weighted by Gasteiger charge is -2.09. The van der Waals surface area contributed by atoms with Gasteiger partial charge in [0.05, 0.1) is 22.0 Å². The second-order valence-corrected chi connectivity index (χ2v) is 4.52. The number of hydrogen-bond donors (Lipinski definition) is 0. The summed E-state index contributed by atoms with van der Waals surface area (Å²) in [7, 11) is 0. The molecule has 0 saturated carbocycles. The highest BCUT2D eigenvalue weighted by atomic mass is 35.5. The van der Waals surface area contributed by atoms with Crippen LogP contribution in [0.1, 0.15) is 35.6 Å². The van der Waals surface area contributed by atoms with E-state index in [1.165, 1.54) is 16.8 Å². The summed E-state index contributed by atoms with van der Waals surface area (Å²) in [6.45, 7) is 3.80. The molecule has 2 rings (SSSR count). The van der Waals surface area contributed by atoms with Crippen molar-refractivity contribution in [2.45, 2.75) is 26.7 Å². The van der Waals surface area contributed by atoms with Gasteiger partial charge in [0.25, 0.3) is 0 Å². The van der Waals surface area contributed by atoms with Crippen LogP contribution in [0.2, 0.25) is 5.02 Å². The summed E-state index contributed by atoms with van der Waals surface area (Å²) >= 11 is 6.05. The highest BCUT2D eigenvalue weighted by Crippen LogP contribution is 2.26. The number of aldehydes is 1. The first kappa shape index (κ1) is 13.7. The fraction of sp³-hybridized carbons (Fsp3) is 0.286. The summed E-state index contributed by atoms with van der Waals surface area (Å²) in [6, 6.07) is 4.47. The van der Waals surface area contributed by atoms with Crippen molar-refractivity contribution >= 4 is 17.9 Å². The largest absolute Gasteiger partial charge is 0.298 e. The highest BCUT2D eigenvalue weighted by molar-refractivity contribution is 6.32. The maximum atomic E-state index is 14.0. The van der Waals surface area contributed by atoms with Crippen LogP contribution in [0.5, 0.6) is 0 Å². The van der Waals surface area contributed by atoms with Crippen LogP contribution in [0, 0.1) is 5.82 Å². The van der Waals surface area contributed by atoms with E-state index in [-0.39, 0.29) is 10.7 Å². The van der Waals surface area contributed by atoms with Crippen LogP contribution in [0.15, 0.2) is 18.2 Å². The van der Waals surface area contributed by atoms with Gasteiger partial charge >= 0.3 is 0 Å². The van der Waals surface area contributed by atoms with Crippen molar-refractivity contribution in [1.82, 2.24) is 9.78 Å². The molecule has 5 heteroatoms. The number of rotatable bonds is 4. The molecule has 0 N–H and O–H groups in total. The number of hydrogen-bond acceptors (Lipinski definition) is 2. The standard InChI is InChI=1S/C14H14ClFN2O/c1-3-12-9(8-19)13(4-2)18(17-12)14-10(15)6-5-7-11(14)16/h5-8H,3-4H2,1-2H3. The Labute approximate surface area is 116 Å². The number of nitrogens with zero attached hydrogens (tertiary/aromatic N) is 2. The van der Waals surface area contributed by atoms with E-state index in [0.717, 1.165) is 6.29 Å². The zero-order valence-electron chi connectivity index (χ0n) is 10.8. The van der Waals surface area contributed by atoms with Gasteiger partial charge in [0, 0.05) is 0 Å². The first-order valence-corrected chi connectivity index (χ1v) is 6.52. The minimum atomic E-state index is -0.454. The van der Waals surface area contributed by atoms with Crippen LogP contribution < -0.4 is 0 Å². The van der Waals surface area contributed by atoms with E-state index in [1.807, 2.05) is 13.8 Å². The van der Waals surface area contributed by atoms with E-state index < -0.39 is 5.82 Å². The second-order valence-electron chi connectivity index (χ2n) is 4.11. The first-order chi connectivity index (χ1) is 9.13. The van der Waals surface area contributed by atoms with Gasteiger partial charge in [0.15, 0.2) is 6.29 Å². The number of halogens is 2. The Kier molecular flexibility index (Phi) is 4.00. The summed E-state index contributed by atoms with van der Waals surface area (Å²) < 4.78 is 15.4. The Morgan fingerprint density at radius 2 is 2.11 bits per heavy atom. The lowest BCUT2D eigenvalue weighted by Crippen LogP contribution is -2.05. The predicted octanol–water partition coefficient (Wildman–Crippen LogP) is 3.60. The van der Waals surface area contributed by atoms with Crippen molar-refractivity contribution in [3.05, 3.63) is 46.0 Å². The van der Waals surface area contributed by atoms with Crippen molar-refractivity contribution < 1.29 is 9.18 Å². The van der Waals surface area contributed by atoms with Gasteiger partial charge in [0.2, 0.25) is 0 Å². The molecule has 19 heavy (non-hydrogen) atoms. The summed E-state index contributed by atoms with van der Waals surface area (Å²) in [6.07, 6.45) is 1.96. The monoisotopic (exact) mass is 280 g/mol. The molecule has 0 aliphatic heterocycles. The minimum Gasteiger partial charge on any atom is -0.298 e. The number of para-hydroxylation sites is 1. The van der Waals surface area contributed by atoms with Gasteiger partial charge in [-0.1, -0.05) is 31.5 Å². The quantitative estimate of drug-likeness (QED) is 0.802. The van der Waals surface area contributed by atoms with Crippen molar-refractivity contribution in [3.63, 3.8) is 0 Å². The Bertz CT molecular complexity index is 602. The molecule has 1 heterocycles. The van der Waals surface area contributed by atoms with Gasteiger partial charge in [0.1, 0.15) is 11.5 Å². The molecule has 0 amide bonds. The first-order valence-electron chi connectivity index (χ1n) is 6.14. The van der Waals surface area contributed by atoms with Crippen LogP contribution in [-0.4, -0.2) is 16.1 Å². The summed E-state index contributed by atoms with van der Waals surface area (Å²) in [5, 5.41) is 4.60. The number of carbonyl (C=O) groups is 1. The Hall–Kier alpha value is -1.68. The van der Waals surface area contributed by atoms with Gasteiger partial charge in [-0.25, -0.2) is 9.07 Å². The molecule has 0 aliphatic carbocycles. The normalized spacial score (nSPS) is 10.7. The Morgan fingerprint density at radius 1 is 1.37 bits per heavy atom. The average molecular weight is 281 g/mol. The second kappa shape index (κ2) is 5.53. The zero-order chi connectivity index (χ0) is 14.0. The predicted molar refractivity (Wildman–Crippen MR) is 72.7 cm³/mol. The van der Waals surface area contributed by atoms with Gasteiger partial charge in [-0.3, -0.25) is 4.79 Å². The van der Waals surface area contributed by atoms with Crippen LogP contribution in [0.25, 0.3) is 5.69 Å². The fourth-order valence-corrected chi connectivity index (χ4v) is 2.37. The third-order valence-electron chi connectivity index (χ3n) is 3.04. The summed E-state index contributed by atoms with van der Waals surface area (Å²) in [4.78, 5) is 11.2. The van der Waals surface area contributed by atoms with Gasteiger partial charge in [-0.15, -0.1) is 0 Å². The molecule has 0 fully saturated rings. The highest BCUT2D eigenvalue weighted by Gasteiger charge is 2.19. The average Bonchev–Trinajstić information content (AvgIpc) is 2.76. The fourth-order valence-electron chi connectivity index (χ4n) is 2.13. The topological polar surface area (TPSA) is 34.9 Å². The summed E-state index contributed by atoms with van der Waals surface area (Å²) in [5.41, 5.74) is 2.07. The number of aromatic nitrogens is 2. The van der Waals surface area contributed by atoms with Crippen LogP contribution in [-0.2, 0) is 12.8 Å². The van der Waals surface area contributed by atoms with E-state index in [2.05, 4.69) is 5.10 Å². The molecule has 2 aromatic rings. The van der Waals surface area contributed by atoms with E-state index in [4.69, 9.17) is 11.6 Å². The lowest BCUT2D eigenvalue weighted by molar-refractivity contribution is 0.112. The van der Waals surface area contributed by atoms with E-state index in [1.54, 1.807) is 6.07 Å². The Morgan fingerprint density at radius 3 is 2.63 bits per heavy atom. The maximum Gasteiger partial charge on any atom is 0.153 e. The third-order valence-corrected chi connectivity index (χ3v) is 3.34. The van der Waals surface area contributed by atoms with Crippen molar-refractivity contribution in [2.75, 3.05) is 0 Å². The molecule has 0 saturated heterocycles. The number of aryl methyl sites for hydroxylation is 1. The molecular formula is C14H14ClFN2O. The summed E-state index contributed by atoms with van der Waals surface area (Å²) in [5.74, 6) is -0.454.